The van der Waals surface area contributed by atoms with Gasteiger partial charge in [-0.15, -0.1) is 0 Å². The third kappa shape index (κ3) is 5.75. The molecule has 0 bridgehead atoms. The van der Waals surface area contributed by atoms with Crippen LogP contribution in [-0.4, -0.2) is 54.3 Å². The van der Waals surface area contributed by atoms with Gasteiger partial charge in [-0.3, -0.25) is 4.79 Å². The zero-order valence-electron chi connectivity index (χ0n) is 18.5. The topological polar surface area (TPSA) is 94.5 Å². The van der Waals surface area contributed by atoms with Gasteiger partial charge in [0.1, 0.15) is 28.8 Å². The number of ether oxygens (including phenoxy) is 1. The standard InChI is InChI=1S/C23H28F2N4O3/c1-22(2,25)13-19(20(30)28-23(14-26)8-9-23)27-21(31)29-10-6-15(7-11-29)17-12-16(32-3)4-5-18(17)24/h4-6,12,19H,7-11,13H2,1-3H3,(H,27,31)(H,28,30). The molecule has 9 heteroatoms. The van der Waals surface area contributed by atoms with Crippen LogP contribution in [0.4, 0.5) is 13.6 Å². The number of nitriles is 1. The first-order chi connectivity index (χ1) is 15.1. The molecule has 1 aromatic carbocycles. The number of hydrogen-bond acceptors (Lipinski definition) is 4. The smallest absolute Gasteiger partial charge is 0.318 e. The Morgan fingerprint density at radius 2 is 2.09 bits per heavy atom. The highest BCUT2D eigenvalue weighted by molar-refractivity contribution is 5.88. The van der Waals surface area contributed by atoms with E-state index >= 15 is 0 Å². The lowest BCUT2D eigenvalue weighted by atomic mass is 9.98. The van der Waals surface area contributed by atoms with Gasteiger partial charge < -0.3 is 20.3 Å². The molecule has 1 aliphatic heterocycles. The van der Waals surface area contributed by atoms with Crippen molar-refractivity contribution in [1.29, 1.82) is 5.26 Å². The molecule has 3 rings (SSSR count). The average Bonchev–Trinajstić information content (AvgIpc) is 3.52. The third-order valence-corrected chi connectivity index (χ3v) is 5.65. The van der Waals surface area contributed by atoms with E-state index in [9.17, 15) is 23.6 Å². The predicted molar refractivity (Wildman–Crippen MR) is 115 cm³/mol. The molecule has 1 fully saturated rings. The van der Waals surface area contributed by atoms with Gasteiger partial charge in [-0.25, -0.2) is 13.6 Å². The number of alkyl halides is 1. The monoisotopic (exact) mass is 446 g/mol. The molecule has 1 atom stereocenters. The summed E-state index contributed by atoms with van der Waals surface area (Å²) in [5.74, 6) is -0.408. The second-order valence-corrected chi connectivity index (χ2v) is 8.88. The molecule has 2 N–H and O–H groups in total. The van der Waals surface area contributed by atoms with Gasteiger partial charge in [0.2, 0.25) is 5.91 Å². The molecular weight excluding hydrogens is 418 g/mol. The molecule has 1 unspecified atom stereocenters. The van der Waals surface area contributed by atoms with Crippen LogP contribution in [0.5, 0.6) is 5.75 Å². The van der Waals surface area contributed by atoms with Gasteiger partial charge in [-0.2, -0.15) is 5.26 Å². The fourth-order valence-corrected chi connectivity index (χ4v) is 3.62. The van der Waals surface area contributed by atoms with Crippen molar-refractivity contribution in [1.82, 2.24) is 15.5 Å². The van der Waals surface area contributed by atoms with Crippen molar-refractivity contribution in [2.24, 2.45) is 0 Å². The molecule has 1 aliphatic carbocycles. The summed E-state index contributed by atoms with van der Waals surface area (Å²) in [7, 11) is 1.51. The van der Waals surface area contributed by atoms with Gasteiger partial charge in [0, 0.05) is 25.1 Å². The molecule has 0 aromatic heterocycles. The van der Waals surface area contributed by atoms with Crippen molar-refractivity contribution in [3.8, 4) is 11.8 Å². The van der Waals surface area contributed by atoms with Crippen LogP contribution in [0.2, 0.25) is 0 Å². The third-order valence-electron chi connectivity index (χ3n) is 5.65. The molecule has 0 saturated heterocycles. The number of amides is 3. The number of urea groups is 1. The number of carbonyl (C=O) groups excluding carboxylic acids is 2. The highest BCUT2D eigenvalue weighted by Crippen LogP contribution is 2.34. The Labute approximate surface area is 186 Å². The molecule has 1 saturated carbocycles. The molecule has 3 amide bonds. The van der Waals surface area contributed by atoms with Crippen molar-refractivity contribution in [3.05, 3.63) is 35.7 Å². The van der Waals surface area contributed by atoms with Gasteiger partial charge in [0.25, 0.3) is 0 Å². The minimum atomic E-state index is -1.70. The Morgan fingerprint density at radius 3 is 2.62 bits per heavy atom. The lowest BCUT2D eigenvalue weighted by Gasteiger charge is -2.30. The summed E-state index contributed by atoms with van der Waals surface area (Å²) in [4.78, 5) is 26.9. The predicted octanol–water partition coefficient (Wildman–Crippen LogP) is 3.31. The summed E-state index contributed by atoms with van der Waals surface area (Å²) >= 11 is 0. The highest BCUT2D eigenvalue weighted by atomic mass is 19.1. The summed E-state index contributed by atoms with van der Waals surface area (Å²) in [6.07, 6.45) is 3.02. The zero-order chi connectivity index (χ0) is 23.5. The average molecular weight is 446 g/mol. The van der Waals surface area contributed by atoms with E-state index in [1.54, 1.807) is 12.1 Å². The van der Waals surface area contributed by atoms with Crippen LogP contribution < -0.4 is 15.4 Å². The van der Waals surface area contributed by atoms with Crippen LogP contribution in [0.25, 0.3) is 5.57 Å². The maximum Gasteiger partial charge on any atom is 0.318 e. The van der Waals surface area contributed by atoms with Gasteiger partial charge >= 0.3 is 6.03 Å². The number of carbonyl (C=O) groups is 2. The molecule has 0 radical (unpaired) electrons. The van der Waals surface area contributed by atoms with Crippen LogP contribution in [0.1, 0.15) is 45.1 Å². The molecule has 7 nitrogen and oxygen atoms in total. The summed E-state index contributed by atoms with van der Waals surface area (Å²) in [6.45, 7) is 3.18. The maximum absolute atomic E-state index is 14.3. The number of benzene rings is 1. The second kappa shape index (κ2) is 9.15. The second-order valence-electron chi connectivity index (χ2n) is 8.88. The Hall–Kier alpha value is -3.15. The highest BCUT2D eigenvalue weighted by Gasteiger charge is 2.46. The summed E-state index contributed by atoms with van der Waals surface area (Å²) in [5, 5.41) is 14.4. The summed E-state index contributed by atoms with van der Waals surface area (Å²) < 4.78 is 33.7. The maximum atomic E-state index is 14.3. The van der Waals surface area contributed by atoms with E-state index in [0.717, 1.165) is 5.57 Å². The molecule has 172 valence electrons. The SMILES string of the molecule is COc1ccc(F)c(C2=CCN(C(=O)NC(CC(C)(C)F)C(=O)NC3(C#N)CC3)CC2)c1. The first kappa shape index (κ1) is 23.5. The normalized spacial score (nSPS) is 18.1. The van der Waals surface area contributed by atoms with Crippen molar-refractivity contribution in [3.63, 3.8) is 0 Å². The van der Waals surface area contributed by atoms with E-state index in [-0.39, 0.29) is 18.8 Å². The van der Waals surface area contributed by atoms with E-state index in [4.69, 9.17) is 4.74 Å². The van der Waals surface area contributed by atoms with Crippen molar-refractivity contribution in [2.45, 2.75) is 56.8 Å². The van der Waals surface area contributed by atoms with Crippen molar-refractivity contribution in [2.75, 3.05) is 20.2 Å². The number of methoxy groups -OCH3 is 1. The Kier molecular flexibility index (Phi) is 6.72. The lowest BCUT2D eigenvalue weighted by Crippen LogP contribution is -2.55. The molecule has 1 aromatic rings. The number of nitrogens with zero attached hydrogens (tertiary/aromatic N) is 2. The van der Waals surface area contributed by atoms with Crippen LogP contribution in [-0.2, 0) is 4.79 Å². The molecular formula is C23H28F2N4O3. The molecule has 32 heavy (non-hydrogen) atoms. The van der Waals surface area contributed by atoms with Crippen LogP contribution in [0.3, 0.4) is 0 Å². The van der Waals surface area contributed by atoms with Gasteiger partial charge in [-0.1, -0.05) is 6.08 Å². The number of rotatable bonds is 7. The van der Waals surface area contributed by atoms with E-state index < -0.39 is 29.2 Å². The van der Waals surface area contributed by atoms with E-state index in [0.29, 0.717) is 37.1 Å². The van der Waals surface area contributed by atoms with Crippen LogP contribution in [0.15, 0.2) is 24.3 Å². The minimum absolute atomic E-state index is 0.216. The number of hydrogen-bond donors (Lipinski definition) is 2. The fraction of sp³-hybridized carbons (Fsp3) is 0.522. The first-order valence-electron chi connectivity index (χ1n) is 10.6. The largest absolute Gasteiger partial charge is 0.497 e. The Morgan fingerprint density at radius 1 is 1.38 bits per heavy atom. The zero-order valence-corrected chi connectivity index (χ0v) is 18.5. The van der Waals surface area contributed by atoms with Crippen molar-refractivity contribution < 1.29 is 23.1 Å². The first-order valence-corrected chi connectivity index (χ1v) is 10.6. The van der Waals surface area contributed by atoms with E-state index in [1.807, 2.05) is 0 Å². The van der Waals surface area contributed by atoms with E-state index in [1.165, 1.54) is 38.0 Å². The van der Waals surface area contributed by atoms with Gasteiger partial charge in [0.05, 0.1) is 13.2 Å². The summed E-state index contributed by atoms with van der Waals surface area (Å²) in [6, 6.07) is 4.91. The lowest BCUT2D eigenvalue weighted by molar-refractivity contribution is -0.124. The van der Waals surface area contributed by atoms with Crippen LogP contribution in [0, 0.1) is 17.1 Å². The molecule has 2 aliphatic rings. The van der Waals surface area contributed by atoms with E-state index in [2.05, 4.69) is 16.7 Å². The van der Waals surface area contributed by atoms with Gasteiger partial charge in [-0.05, 0) is 56.9 Å². The molecule has 0 spiro atoms. The quantitative estimate of drug-likeness (QED) is 0.672. The minimum Gasteiger partial charge on any atom is -0.497 e. The number of halogens is 2. The van der Waals surface area contributed by atoms with Crippen LogP contribution >= 0.6 is 0 Å². The fourth-order valence-electron chi connectivity index (χ4n) is 3.62. The molecule has 1 heterocycles. The Balaban J connectivity index is 1.67. The van der Waals surface area contributed by atoms with Crippen molar-refractivity contribution >= 4 is 17.5 Å². The summed E-state index contributed by atoms with van der Waals surface area (Å²) in [5.41, 5.74) is -1.43. The Bertz CT molecular complexity index is 961. The van der Waals surface area contributed by atoms with Gasteiger partial charge in [0.15, 0.2) is 0 Å². The number of nitrogens with one attached hydrogen (secondary N) is 2.